The predicted molar refractivity (Wildman–Crippen MR) is 174 cm³/mol. The summed E-state index contributed by atoms with van der Waals surface area (Å²) < 4.78 is 9.33. The molecule has 11 heteroatoms. The van der Waals surface area contributed by atoms with Crippen LogP contribution in [0.1, 0.15) is 67.4 Å². The topological polar surface area (TPSA) is 123 Å². The van der Waals surface area contributed by atoms with Crippen LogP contribution in [0.4, 0.5) is 5.69 Å². The van der Waals surface area contributed by atoms with Crippen LogP contribution < -0.4 is 10.6 Å². The van der Waals surface area contributed by atoms with Crippen molar-refractivity contribution in [1.82, 2.24) is 24.9 Å². The number of aliphatic hydroxyl groups is 1. The van der Waals surface area contributed by atoms with E-state index in [0.29, 0.717) is 42.2 Å². The van der Waals surface area contributed by atoms with Crippen LogP contribution in [-0.2, 0) is 22.9 Å². The largest absolute Gasteiger partial charge is 0.390 e. The van der Waals surface area contributed by atoms with Gasteiger partial charge in [0.2, 0.25) is 5.91 Å². The SMILES string of the molecule is Cc1nn(COCC[Si](C)(C)C)c(CO)c1-c1ccc(NC(=O)[C@@H](NC(=O)c2ccnn2C(C)C)C(C2CC2)C2CC2)cc1. The summed E-state index contributed by atoms with van der Waals surface area (Å²) in [5.74, 6) is 0.591. The molecule has 1 atom stereocenters. The number of benzene rings is 1. The lowest BCUT2D eigenvalue weighted by Gasteiger charge is -2.28. The van der Waals surface area contributed by atoms with Crippen LogP contribution in [0, 0.1) is 24.7 Å². The summed E-state index contributed by atoms with van der Waals surface area (Å²) in [4.78, 5) is 27.3. The first-order valence-corrected chi connectivity index (χ1v) is 19.7. The number of carbonyl (C=O) groups is 2. The maximum Gasteiger partial charge on any atom is 0.270 e. The number of anilines is 1. The predicted octanol–water partition coefficient (Wildman–Crippen LogP) is 5.61. The zero-order chi connectivity index (χ0) is 31.6. The smallest absolute Gasteiger partial charge is 0.270 e. The van der Waals surface area contributed by atoms with Crippen LogP contribution in [0.5, 0.6) is 0 Å². The van der Waals surface area contributed by atoms with E-state index in [-0.39, 0.29) is 30.4 Å². The third-order valence-electron chi connectivity index (χ3n) is 8.71. The van der Waals surface area contributed by atoms with E-state index < -0.39 is 14.1 Å². The Balaban J connectivity index is 1.30. The van der Waals surface area contributed by atoms with Crippen molar-refractivity contribution < 1.29 is 19.4 Å². The van der Waals surface area contributed by atoms with Crippen molar-refractivity contribution in [3.05, 3.63) is 53.6 Å². The minimum atomic E-state index is -1.20. The van der Waals surface area contributed by atoms with Crippen molar-refractivity contribution in [1.29, 1.82) is 0 Å². The van der Waals surface area contributed by atoms with Gasteiger partial charge < -0.3 is 20.5 Å². The lowest BCUT2D eigenvalue weighted by Crippen LogP contribution is -2.50. The van der Waals surface area contributed by atoms with Gasteiger partial charge in [-0.1, -0.05) is 31.8 Å². The molecule has 10 nitrogen and oxygen atoms in total. The fraction of sp³-hybridized carbons (Fsp3) is 0.576. The van der Waals surface area contributed by atoms with E-state index in [1.54, 1.807) is 21.6 Å². The van der Waals surface area contributed by atoms with Crippen molar-refractivity contribution >= 4 is 25.6 Å². The third-order valence-corrected chi connectivity index (χ3v) is 10.4. The van der Waals surface area contributed by atoms with E-state index in [2.05, 4.69) is 40.5 Å². The molecule has 0 spiro atoms. The third kappa shape index (κ3) is 7.67. The molecule has 0 radical (unpaired) electrons. The van der Waals surface area contributed by atoms with Crippen LogP contribution >= 0.6 is 0 Å². The number of nitrogens with zero attached hydrogens (tertiary/aromatic N) is 4. The zero-order valence-electron chi connectivity index (χ0n) is 27.0. The summed E-state index contributed by atoms with van der Waals surface area (Å²) >= 11 is 0. The molecule has 0 bridgehead atoms. The van der Waals surface area contributed by atoms with Crippen molar-refractivity contribution in [2.75, 3.05) is 11.9 Å². The van der Waals surface area contributed by atoms with Gasteiger partial charge in [-0.15, -0.1) is 0 Å². The molecule has 3 N–H and O–H groups in total. The molecular formula is C33H48N6O4Si. The number of ether oxygens (including phenoxy) is 1. The number of hydrogen-bond acceptors (Lipinski definition) is 6. The number of hydrogen-bond donors (Lipinski definition) is 3. The van der Waals surface area contributed by atoms with Gasteiger partial charge >= 0.3 is 0 Å². The molecule has 44 heavy (non-hydrogen) atoms. The Hall–Kier alpha value is -3.28. The van der Waals surface area contributed by atoms with Crippen LogP contribution in [0.2, 0.25) is 25.7 Å². The molecule has 5 rings (SSSR count). The van der Waals surface area contributed by atoms with Gasteiger partial charge in [-0.3, -0.25) is 14.3 Å². The van der Waals surface area contributed by atoms with Crippen molar-refractivity contribution in [2.45, 2.75) is 97.6 Å². The average Bonchev–Trinajstić information content (AvgIpc) is 3.90. The summed E-state index contributed by atoms with van der Waals surface area (Å²) in [6.45, 7) is 13.6. The molecule has 2 amide bonds. The van der Waals surface area contributed by atoms with Crippen molar-refractivity contribution in [3.8, 4) is 11.1 Å². The Kier molecular flexibility index (Phi) is 9.76. The second-order valence-corrected chi connectivity index (χ2v) is 19.6. The Morgan fingerprint density at radius 3 is 2.30 bits per heavy atom. The monoisotopic (exact) mass is 620 g/mol. The quantitative estimate of drug-likeness (QED) is 0.150. The molecule has 0 unspecified atom stereocenters. The summed E-state index contributed by atoms with van der Waals surface area (Å²) in [5, 5.41) is 25.4. The second-order valence-electron chi connectivity index (χ2n) is 13.9. The maximum absolute atomic E-state index is 13.8. The number of aromatic nitrogens is 4. The Bertz CT molecular complexity index is 1440. The van der Waals surface area contributed by atoms with Gasteiger partial charge in [0.1, 0.15) is 18.5 Å². The van der Waals surface area contributed by atoms with Gasteiger partial charge in [0.05, 0.1) is 18.0 Å². The van der Waals surface area contributed by atoms with E-state index in [9.17, 15) is 14.7 Å². The van der Waals surface area contributed by atoms with Crippen molar-refractivity contribution in [3.63, 3.8) is 0 Å². The molecule has 2 aromatic heterocycles. The molecule has 2 heterocycles. The Labute approximate surface area is 261 Å². The van der Waals surface area contributed by atoms with Crippen molar-refractivity contribution in [2.24, 2.45) is 17.8 Å². The van der Waals surface area contributed by atoms with Gasteiger partial charge in [-0.25, -0.2) is 4.68 Å². The first-order valence-electron chi connectivity index (χ1n) is 16.0. The van der Waals surface area contributed by atoms with Gasteiger partial charge in [0.15, 0.2) is 0 Å². The summed E-state index contributed by atoms with van der Waals surface area (Å²) in [6, 6.07) is 9.78. The minimum Gasteiger partial charge on any atom is -0.390 e. The Morgan fingerprint density at radius 1 is 1.07 bits per heavy atom. The molecular weight excluding hydrogens is 572 g/mol. The normalized spacial score (nSPS) is 16.0. The Morgan fingerprint density at radius 2 is 1.73 bits per heavy atom. The summed E-state index contributed by atoms with van der Waals surface area (Å²) in [6.07, 6.45) is 6.03. The van der Waals surface area contributed by atoms with E-state index in [1.807, 2.05) is 45.0 Å². The van der Waals surface area contributed by atoms with E-state index in [4.69, 9.17) is 4.74 Å². The van der Waals surface area contributed by atoms with Crippen LogP contribution in [0.15, 0.2) is 36.5 Å². The molecule has 0 aliphatic heterocycles. The molecule has 2 saturated carbocycles. The van der Waals surface area contributed by atoms with Crippen LogP contribution in [0.3, 0.4) is 0 Å². The number of rotatable bonds is 15. The number of nitrogens with one attached hydrogen (secondary N) is 2. The second kappa shape index (κ2) is 13.4. The molecule has 2 fully saturated rings. The van der Waals surface area contributed by atoms with Gasteiger partial charge in [-0.05, 0) is 94.0 Å². The highest BCUT2D eigenvalue weighted by Gasteiger charge is 2.48. The molecule has 1 aromatic carbocycles. The molecule has 238 valence electrons. The lowest BCUT2D eigenvalue weighted by molar-refractivity contribution is -0.119. The summed E-state index contributed by atoms with van der Waals surface area (Å²) in [5.41, 5.74) is 4.39. The lowest BCUT2D eigenvalue weighted by atomic mass is 9.88. The fourth-order valence-electron chi connectivity index (χ4n) is 6.09. The van der Waals surface area contributed by atoms with Crippen LogP contribution in [-0.4, -0.2) is 57.2 Å². The minimum absolute atomic E-state index is 0.0313. The van der Waals surface area contributed by atoms with Crippen LogP contribution in [0.25, 0.3) is 11.1 Å². The molecule has 2 aliphatic rings. The number of carbonyl (C=O) groups excluding carboxylic acids is 2. The molecule has 2 aliphatic carbocycles. The zero-order valence-corrected chi connectivity index (χ0v) is 28.0. The highest BCUT2D eigenvalue weighted by atomic mass is 28.3. The maximum atomic E-state index is 13.8. The summed E-state index contributed by atoms with van der Waals surface area (Å²) in [7, 11) is -1.20. The first-order chi connectivity index (χ1) is 21.0. The number of aryl methyl sites for hydroxylation is 1. The first kappa shape index (κ1) is 32.1. The molecule has 0 saturated heterocycles. The van der Waals surface area contributed by atoms with E-state index in [0.717, 1.165) is 48.5 Å². The van der Waals surface area contributed by atoms with E-state index in [1.165, 1.54) is 0 Å². The number of amides is 2. The standard InChI is InChI=1S/C33H48N6O4Si/c1-21(2)39-27(15-16-34-39)32(41)36-31(30(24-7-8-24)25-9-10-25)33(42)35-26-13-11-23(12-14-26)29-22(3)37-38(28(29)19-40)20-43-17-18-44(4,5)6/h11-16,21,24-25,30-31,40H,7-10,17-20H2,1-6H3,(H,35,42)(H,36,41)/t31-/m0/s1. The highest BCUT2D eigenvalue weighted by molar-refractivity contribution is 6.76. The van der Waals surface area contributed by atoms with Gasteiger partial charge in [0.25, 0.3) is 5.91 Å². The molecule has 3 aromatic rings. The van der Waals surface area contributed by atoms with Gasteiger partial charge in [0, 0.05) is 38.2 Å². The number of aliphatic hydroxyl groups excluding tert-OH is 1. The fourth-order valence-corrected chi connectivity index (χ4v) is 6.85. The average molecular weight is 621 g/mol. The highest BCUT2D eigenvalue weighted by Crippen LogP contribution is 2.51. The van der Waals surface area contributed by atoms with E-state index >= 15 is 0 Å². The van der Waals surface area contributed by atoms with Gasteiger partial charge in [-0.2, -0.15) is 10.2 Å².